The van der Waals surface area contributed by atoms with Crippen LogP contribution in [0.1, 0.15) is 11.5 Å². The molecule has 0 saturated heterocycles. The van der Waals surface area contributed by atoms with Crippen LogP contribution in [0.15, 0.2) is 41.3 Å². The number of benzene rings is 1. The summed E-state index contributed by atoms with van der Waals surface area (Å²) in [5.74, 6) is 4.04. The van der Waals surface area contributed by atoms with E-state index in [0.717, 1.165) is 17.0 Å². The van der Waals surface area contributed by atoms with Crippen molar-refractivity contribution >= 4 is 11.6 Å². The molecule has 0 spiro atoms. The minimum atomic E-state index is 0.550. The zero-order valence-corrected chi connectivity index (χ0v) is 12.7. The number of aryl methyl sites for hydroxylation is 1. The van der Waals surface area contributed by atoms with Gasteiger partial charge in [0.2, 0.25) is 5.89 Å². The van der Waals surface area contributed by atoms with Crippen molar-refractivity contribution in [2.24, 2.45) is 0 Å². The summed E-state index contributed by atoms with van der Waals surface area (Å²) in [6.07, 6.45) is 7.21. The quantitative estimate of drug-likeness (QED) is 0.598. The van der Waals surface area contributed by atoms with Crippen molar-refractivity contribution in [3.63, 3.8) is 0 Å². The monoisotopic (exact) mass is 300 g/mol. The molecule has 2 aromatic rings. The van der Waals surface area contributed by atoms with Crippen molar-refractivity contribution in [2.75, 3.05) is 13.1 Å². The first-order valence-corrected chi connectivity index (χ1v) is 7.00. The fourth-order valence-electron chi connectivity index (χ4n) is 2.00. The Hall–Kier alpha value is -2.02. The van der Waals surface area contributed by atoms with E-state index in [1.165, 1.54) is 0 Å². The molecule has 3 nitrogen and oxygen atoms in total. The Morgan fingerprint density at radius 2 is 2.14 bits per heavy atom. The number of aromatic nitrogens is 1. The van der Waals surface area contributed by atoms with Crippen LogP contribution in [0.3, 0.4) is 0 Å². The zero-order chi connectivity index (χ0) is 15.2. The summed E-state index contributed by atoms with van der Waals surface area (Å²) in [5, 5.41) is 0.688. The zero-order valence-electron chi connectivity index (χ0n) is 12.0. The Morgan fingerprint density at radius 3 is 2.76 bits per heavy atom. The van der Waals surface area contributed by atoms with Gasteiger partial charge < -0.3 is 4.42 Å². The molecule has 0 amide bonds. The second kappa shape index (κ2) is 7.12. The van der Waals surface area contributed by atoms with Crippen LogP contribution in [-0.4, -0.2) is 23.0 Å². The SMILES string of the molecule is C#CCN(CC=C)Cc1nc(-c2ccc(Cl)cc2)oc1C. The van der Waals surface area contributed by atoms with E-state index in [1.807, 2.05) is 37.3 Å². The maximum Gasteiger partial charge on any atom is 0.226 e. The molecular formula is C17H17ClN2O. The van der Waals surface area contributed by atoms with Crippen molar-refractivity contribution in [2.45, 2.75) is 13.5 Å². The molecular weight excluding hydrogens is 284 g/mol. The highest BCUT2D eigenvalue weighted by Crippen LogP contribution is 2.24. The number of hydrogen-bond donors (Lipinski definition) is 0. The van der Waals surface area contributed by atoms with Gasteiger partial charge in [0, 0.05) is 23.7 Å². The molecule has 1 aromatic carbocycles. The number of terminal acetylenes is 1. The molecule has 0 aliphatic rings. The van der Waals surface area contributed by atoms with E-state index in [4.69, 9.17) is 22.4 Å². The fraction of sp³-hybridized carbons (Fsp3) is 0.235. The van der Waals surface area contributed by atoms with Crippen molar-refractivity contribution in [3.05, 3.63) is 53.4 Å². The molecule has 0 radical (unpaired) electrons. The van der Waals surface area contributed by atoms with Crippen LogP contribution in [0, 0.1) is 19.3 Å². The predicted molar refractivity (Wildman–Crippen MR) is 86.0 cm³/mol. The van der Waals surface area contributed by atoms with Crippen LogP contribution in [0.4, 0.5) is 0 Å². The standard InChI is InChI=1S/C17H17ClN2O/c1-4-10-20(11-5-2)12-16-13(3)21-17(19-16)14-6-8-15(18)9-7-14/h1,5-9H,2,10-12H2,3H3. The Kier molecular flexibility index (Phi) is 5.21. The molecule has 0 aliphatic carbocycles. The molecule has 0 unspecified atom stereocenters. The molecule has 4 heteroatoms. The van der Waals surface area contributed by atoms with Gasteiger partial charge in [-0.3, -0.25) is 4.90 Å². The van der Waals surface area contributed by atoms with E-state index in [9.17, 15) is 0 Å². The third-order valence-corrected chi connectivity index (χ3v) is 3.31. The Labute approximate surface area is 130 Å². The van der Waals surface area contributed by atoms with E-state index < -0.39 is 0 Å². The van der Waals surface area contributed by atoms with Crippen LogP contribution in [0.5, 0.6) is 0 Å². The van der Waals surface area contributed by atoms with Crippen LogP contribution in [-0.2, 0) is 6.54 Å². The highest BCUT2D eigenvalue weighted by molar-refractivity contribution is 6.30. The number of halogens is 1. The van der Waals surface area contributed by atoms with Crippen molar-refractivity contribution in [1.29, 1.82) is 0 Å². The van der Waals surface area contributed by atoms with Gasteiger partial charge in [0.1, 0.15) is 5.76 Å². The summed E-state index contributed by atoms with van der Waals surface area (Å²) in [5.41, 5.74) is 1.79. The molecule has 0 fully saturated rings. The molecule has 21 heavy (non-hydrogen) atoms. The third kappa shape index (κ3) is 3.98. The molecule has 0 saturated carbocycles. The second-order valence-corrected chi connectivity index (χ2v) is 5.13. The van der Waals surface area contributed by atoms with Gasteiger partial charge in [-0.15, -0.1) is 13.0 Å². The Morgan fingerprint density at radius 1 is 1.43 bits per heavy atom. The summed E-state index contributed by atoms with van der Waals surface area (Å²) >= 11 is 5.89. The normalized spacial score (nSPS) is 10.6. The number of hydrogen-bond acceptors (Lipinski definition) is 3. The maximum absolute atomic E-state index is 5.89. The molecule has 0 aliphatic heterocycles. The van der Waals surface area contributed by atoms with E-state index in [2.05, 4.69) is 22.4 Å². The molecule has 0 N–H and O–H groups in total. The van der Waals surface area contributed by atoms with Crippen molar-refractivity contribution < 1.29 is 4.42 Å². The molecule has 108 valence electrons. The van der Waals surface area contributed by atoms with Gasteiger partial charge in [-0.05, 0) is 31.2 Å². The van der Waals surface area contributed by atoms with Gasteiger partial charge in [-0.25, -0.2) is 4.98 Å². The van der Waals surface area contributed by atoms with Gasteiger partial charge in [0.05, 0.1) is 12.2 Å². The lowest BCUT2D eigenvalue weighted by molar-refractivity contribution is 0.326. The van der Waals surface area contributed by atoms with Crippen LogP contribution in [0.25, 0.3) is 11.5 Å². The first kappa shape index (κ1) is 15.4. The topological polar surface area (TPSA) is 29.3 Å². The van der Waals surface area contributed by atoms with Crippen molar-refractivity contribution in [1.82, 2.24) is 9.88 Å². The van der Waals surface area contributed by atoms with Crippen LogP contribution in [0.2, 0.25) is 5.02 Å². The average molecular weight is 301 g/mol. The summed E-state index contributed by atoms with van der Waals surface area (Å²) in [6.45, 7) is 7.55. The molecule has 2 rings (SSSR count). The summed E-state index contributed by atoms with van der Waals surface area (Å²) in [7, 11) is 0. The summed E-state index contributed by atoms with van der Waals surface area (Å²) < 4.78 is 5.74. The predicted octanol–water partition coefficient (Wildman–Crippen LogP) is 3.92. The highest BCUT2D eigenvalue weighted by atomic mass is 35.5. The van der Waals surface area contributed by atoms with Crippen molar-refractivity contribution in [3.8, 4) is 23.8 Å². The van der Waals surface area contributed by atoms with E-state index in [-0.39, 0.29) is 0 Å². The Balaban J connectivity index is 2.20. The first-order valence-electron chi connectivity index (χ1n) is 6.63. The second-order valence-electron chi connectivity index (χ2n) is 4.69. The minimum absolute atomic E-state index is 0.550. The number of nitrogens with zero attached hydrogens (tertiary/aromatic N) is 2. The fourth-order valence-corrected chi connectivity index (χ4v) is 2.13. The van der Waals surface area contributed by atoms with Gasteiger partial charge in [-0.2, -0.15) is 0 Å². The van der Waals surface area contributed by atoms with Gasteiger partial charge >= 0.3 is 0 Å². The molecule has 1 aromatic heterocycles. The number of rotatable bonds is 6. The van der Waals surface area contributed by atoms with Crippen LogP contribution >= 0.6 is 11.6 Å². The van der Waals surface area contributed by atoms with Gasteiger partial charge in [0.25, 0.3) is 0 Å². The lowest BCUT2D eigenvalue weighted by Gasteiger charge is -2.15. The maximum atomic E-state index is 5.89. The van der Waals surface area contributed by atoms with Gasteiger partial charge in [-0.1, -0.05) is 23.6 Å². The van der Waals surface area contributed by atoms with Crippen LogP contribution < -0.4 is 0 Å². The molecule has 0 bridgehead atoms. The highest BCUT2D eigenvalue weighted by Gasteiger charge is 2.14. The van der Waals surface area contributed by atoms with E-state index >= 15 is 0 Å². The number of oxazole rings is 1. The lowest BCUT2D eigenvalue weighted by atomic mass is 10.2. The Bertz CT molecular complexity index is 652. The lowest BCUT2D eigenvalue weighted by Crippen LogP contribution is -2.24. The third-order valence-electron chi connectivity index (χ3n) is 3.06. The van der Waals surface area contributed by atoms with E-state index in [0.29, 0.717) is 30.5 Å². The minimum Gasteiger partial charge on any atom is -0.441 e. The average Bonchev–Trinajstić information content (AvgIpc) is 2.81. The summed E-state index contributed by atoms with van der Waals surface area (Å²) in [4.78, 5) is 6.63. The molecule has 0 atom stereocenters. The molecule has 1 heterocycles. The smallest absolute Gasteiger partial charge is 0.226 e. The largest absolute Gasteiger partial charge is 0.441 e. The van der Waals surface area contributed by atoms with Gasteiger partial charge in [0.15, 0.2) is 0 Å². The first-order chi connectivity index (χ1) is 10.1. The van der Waals surface area contributed by atoms with E-state index in [1.54, 1.807) is 0 Å². The summed E-state index contributed by atoms with van der Waals surface area (Å²) in [6, 6.07) is 7.41.